The summed E-state index contributed by atoms with van der Waals surface area (Å²) in [5, 5.41) is 16.4. The topological polar surface area (TPSA) is 146 Å². The van der Waals surface area contributed by atoms with Gasteiger partial charge in [-0.3, -0.25) is 0 Å². The van der Waals surface area contributed by atoms with E-state index < -0.39 is 0 Å². The van der Waals surface area contributed by atoms with Gasteiger partial charge in [-0.05, 0) is 76.2 Å². The molecule has 0 saturated carbocycles. The van der Waals surface area contributed by atoms with Gasteiger partial charge in [0, 0.05) is 11.1 Å². The lowest BCUT2D eigenvalue weighted by molar-refractivity contribution is 0.0367. The summed E-state index contributed by atoms with van der Waals surface area (Å²) in [6.45, 7) is 7.22. The lowest BCUT2D eigenvalue weighted by atomic mass is 10.1. The van der Waals surface area contributed by atoms with Crippen molar-refractivity contribution in [3.05, 3.63) is 102 Å². The van der Waals surface area contributed by atoms with Crippen LogP contribution < -0.4 is 5.43 Å². The second kappa shape index (κ2) is 13.5. The summed E-state index contributed by atoms with van der Waals surface area (Å²) < 4.78 is 23.6. The second-order valence-electron chi connectivity index (χ2n) is 10.1. The summed E-state index contributed by atoms with van der Waals surface area (Å²) in [6.07, 6.45) is 4.05. The highest BCUT2D eigenvalue weighted by atomic mass is 16.5. The minimum absolute atomic E-state index is 0.187. The van der Waals surface area contributed by atoms with Gasteiger partial charge in [0.05, 0.1) is 35.8 Å². The molecule has 0 aliphatic heterocycles. The van der Waals surface area contributed by atoms with Gasteiger partial charge in [-0.15, -0.1) is 10.2 Å². The Morgan fingerprint density at radius 3 is 1.75 bits per heavy atom. The van der Waals surface area contributed by atoms with Crippen molar-refractivity contribution < 1.29 is 27.9 Å². The third-order valence-electron chi connectivity index (χ3n) is 5.95. The summed E-state index contributed by atoms with van der Waals surface area (Å²) in [4.78, 5) is 24.1. The SMILES string of the molecule is CC(C)OC(=O)c1ccc(-c2ccc(/C=N/Nc3nncn3/N=C/c3ccc(-c4ccc(C(=O)OC(C)C)cc4)o3)o2)cc1. The van der Waals surface area contributed by atoms with Crippen LogP contribution in [0.3, 0.4) is 0 Å². The van der Waals surface area contributed by atoms with E-state index in [1.807, 2.05) is 12.1 Å². The van der Waals surface area contributed by atoms with Crippen molar-refractivity contribution in [3.8, 4) is 22.6 Å². The van der Waals surface area contributed by atoms with Crippen molar-refractivity contribution in [1.82, 2.24) is 14.9 Å². The highest BCUT2D eigenvalue weighted by Gasteiger charge is 2.12. The lowest BCUT2D eigenvalue weighted by Crippen LogP contribution is -2.11. The molecule has 0 aliphatic rings. The van der Waals surface area contributed by atoms with Crippen LogP contribution >= 0.6 is 0 Å². The van der Waals surface area contributed by atoms with Crippen molar-refractivity contribution in [2.45, 2.75) is 39.9 Å². The minimum Gasteiger partial charge on any atom is -0.459 e. The van der Waals surface area contributed by atoms with E-state index in [0.717, 1.165) is 11.1 Å². The summed E-state index contributed by atoms with van der Waals surface area (Å²) >= 11 is 0. The third kappa shape index (κ3) is 7.53. The van der Waals surface area contributed by atoms with Crippen LogP contribution in [0.5, 0.6) is 0 Å². The van der Waals surface area contributed by atoms with Gasteiger partial charge in [0.25, 0.3) is 5.95 Å². The predicted molar refractivity (Wildman–Crippen MR) is 164 cm³/mol. The van der Waals surface area contributed by atoms with Crippen LogP contribution in [-0.4, -0.2) is 51.4 Å². The van der Waals surface area contributed by atoms with Gasteiger partial charge in [0.15, 0.2) is 0 Å². The molecule has 0 saturated heterocycles. The Hall–Kier alpha value is -5.78. The molecule has 0 bridgehead atoms. The summed E-state index contributed by atoms with van der Waals surface area (Å²) in [6, 6.07) is 21.1. The van der Waals surface area contributed by atoms with Crippen LogP contribution in [0, 0.1) is 0 Å². The maximum Gasteiger partial charge on any atom is 0.338 e. The molecule has 44 heavy (non-hydrogen) atoms. The van der Waals surface area contributed by atoms with Gasteiger partial charge in [-0.25, -0.2) is 15.0 Å². The van der Waals surface area contributed by atoms with E-state index in [-0.39, 0.29) is 30.1 Å². The Balaban J connectivity index is 1.17. The molecule has 3 aromatic heterocycles. The lowest BCUT2D eigenvalue weighted by Gasteiger charge is -2.07. The maximum absolute atomic E-state index is 12.1. The summed E-state index contributed by atoms with van der Waals surface area (Å²) in [5.41, 5.74) is 5.33. The van der Waals surface area contributed by atoms with E-state index in [1.54, 1.807) is 88.4 Å². The number of hydrazone groups is 1. The van der Waals surface area contributed by atoms with Gasteiger partial charge < -0.3 is 18.3 Å². The van der Waals surface area contributed by atoms with Crippen molar-refractivity contribution in [2.75, 3.05) is 5.43 Å². The molecular formula is C32H30N6O6. The van der Waals surface area contributed by atoms with Crippen LogP contribution in [0.4, 0.5) is 5.95 Å². The van der Waals surface area contributed by atoms with E-state index in [4.69, 9.17) is 18.3 Å². The molecule has 224 valence electrons. The molecule has 3 heterocycles. The molecule has 0 atom stereocenters. The fourth-order valence-corrected chi connectivity index (χ4v) is 3.92. The number of hydrogen-bond acceptors (Lipinski definition) is 11. The normalized spacial score (nSPS) is 11.6. The number of ether oxygens (including phenoxy) is 2. The Labute approximate surface area is 253 Å². The Bertz CT molecular complexity index is 1780. The first kappa shape index (κ1) is 29.7. The fourth-order valence-electron chi connectivity index (χ4n) is 3.92. The number of benzene rings is 2. The molecule has 0 spiro atoms. The highest BCUT2D eigenvalue weighted by molar-refractivity contribution is 5.90. The fraction of sp³-hybridized carbons (Fsp3) is 0.188. The highest BCUT2D eigenvalue weighted by Crippen LogP contribution is 2.24. The van der Waals surface area contributed by atoms with Crippen LogP contribution in [0.25, 0.3) is 22.6 Å². The Kier molecular flexibility index (Phi) is 9.09. The van der Waals surface area contributed by atoms with E-state index in [0.29, 0.717) is 34.2 Å². The Morgan fingerprint density at radius 2 is 1.25 bits per heavy atom. The summed E-state index contributed by atoms with van der Waals surface area (Å²) in [5.74, 6) is 1.76. The van der Waals surface area contributed by atoms with Gasteiger partial charge >= 0.3 is 11.9 Å². The van der Waals surface area contributed by atoms with Crippen molar-refractivity contribution in [1.29, 1.82) is 0 Å². The van der Waals surface area contributed by atoms with Crippen LogP contribution in [-0.2, 0) is 9.47 Å². The first-order chi connectivity index (χ1) is 21.2. The molecule has 12 nitrogen and oxygen atoms in total. The van der Waals surface area contributed by atoms with Crippen LogP contribution in [0.15, 0.2) is 98.2 Å². The zero-order valence-corrected chi connectivity index (χ0v) is 24.5. The molecule has 5 rings (SSSR count). The largest absolute Gasteiger partial charge is 0.459 e. The smallest absolute Gasteiger partial charge is 0.338 e. The zero-order valence-electron chi connectivity index (χ0n) is 24.5. The molecule has 0 radical (unpaired) electrons. The number of nitrogens with one attached hydrogen (secondary N) is 1. The number of esters is 2. The zero-order chi connectivity index (χ0) is 31.1. The second-order valence-corrected chi connectivity index (χ2v) is 10.1. The third-order valence-corrected chi connectivity index (χ3v) is 5.95. The van der Waals surface area contributed by atoms with E-state index in [2.05, 4.69) is 25.8 Å². The molecule has 5 aromatic rings. The Morgan fingerprint density at radius 1 is 0.750 bits per heavy atom. The molecule has 1 N–H and O–H groups in total. The first-order valence-corrected chi connectivity index (χ1v) is 13.8. The molecule has 0 amide bonds. The minimum atomic E-state index is -0.371. The summed E-state index contributed by atoms with van der Waals surface area (Å²) in [7, 11) is 0. The molecule has 2 aromatic carbocycles. The number of nitrogens with zero attached hydrogens (tertiary/aromatic N) is 5. The van der Waals surface area contributed by atoms with Gasteiger partial charge in [0.2, 0.25) is 0 Å². The number of furan rings is 2. The van der Waals surface area contributed by atoms with Crippen LogP contribution in [0.2, 0.25) is 0 Å². The molecular weight excluding hydrogens is 564 g/mol. The average Bonchev–Trinajstić information content (AvgIpc) is 3.77. The van der Waals surface area contributed by atoms with E-state index in [1.165, 1.54) is 23.4 Å². The van der Waals surface area contributed by atoms with Gasteiger partial charge in [0.1, 0.15) is 29.4 Å². The number of anilines is 1. The van der Waals surface area contributed by atoms with Crippen molar-refractivity contribution in [2.24, 2.45) is 10.2 Å². The number of hydrogen-bond donors (Lipinski definition) is 1. The molecule has 0 fully saturated rings. The van der Waals surface area contributed by atoms with Gasteiger partial charge in [-0.1, -0.05) is 24.3 Å². The van der Waals surface area contributed by atoms with E-state index in [9.17, 15) is 9.59 Å². The number of rotatable bonds is 11. The standard InChI is InChI=1S/C32H30N6O6/c1-20(2)41-30(39)24-9-5-22(6-10-24)28-15-13-26(43-28)17-33-36-32-37-34-19-38(32)35-18-27-14-16-29(44-27)23-7-11-25(12-8-23)31(40)42-21(3)4/h5-21H,1-4H3,(H,36,37)/b33-17+,35-18+. The monoisotopic (exact) mass is 594 g/mol. The van der Waals surface area contributed by atoms with Gasteiger partial charge in [-0.2, -0.15) is 14.9 Å². The molecule has 0 unspecified atom stereocenters. The quantitative estimate of drug-likeness (QED) is 0.106. The average molecular weight is 595 g/mol. The first-order valence-electron chi connectivity index (χ1n) is 13.8. The molecule has 12 heteroatoms. The molecule has 0 aliphatic carbocycles. The van der Waals surface area contributed by atoms with E-state index >= 15 is 0 Å². The van der Waals surface area contributed by atoms with Crippen LogP contribution in [0.1, 0.15) is 59.9 Å². The number of aromatic nitrogens is 3. The number of carbonyl (C=O) groups is 2. The van der Waals surface area contributed by atoms with Crippen molar-refractivity contribution in [3.63, 3.8) is 0 Å². The van der Waals surface area contributed by atoms with Crippen molar-refractivity contribution >= 4 is 30.3 Å². The number of carbonyl (C=O) groups excluding carboxylic acids is 2. The predicted octanol–water partition coefficient (Wildman–Crippen LogP) is 6.26. The maximum atomic E-state index is 12.1.